The van der Waals surface area contributed by atoms with E-state index >= 15 is 0 Å². The van der Waals surface area contributed by atoms with Crippen molar-refractivity contribution in [1.29, 1.82) is 0 Å². The van der Waals surface area contributed by atoms with Crippen LogP contribution in [0.1, 0.15) is 95.2 Å². The molecule has 0 aliphatic rings. The molecular weight excluding hydrogens is 695 g/mol. The molecule has 0 bridgehead atoms. The molecule has 0 aliphatic carbocycles. The van der Waals surface area contributed by atoms with Crippen LogP contribution in [0.3, 0.4) is 0 Å². The first-order valence-corrected chi connectivity index (χ1v) is 18.3. The van der Waals surface area contributed by atoms with Crippen molar-refractivity contribution in [2.75, 3.05) is 0 Å². The maximum absolute atomic E-state index is 11.7. The maximum atomic E-state index is 11.7. The molecule has 0 radical (unpaired) electrons. The average Bonchev–Trinajstić information content (AvgIpc) is 3.77. The van der Waals surface area contributed by atoms with E-state index in [9.17, 15) is 6.48 Å². The Kier molecular flexibility index (Phi) is 5.37. The summed E-state index contributed by atoms with van der Waals surface area (Å²) in [5.74, 6) is 0.237. The third-order valence-corrected chi connectivity index (χ3v) is 9.94. The summed E-state index contributed by atoms with van der Waals surface area (Å²) < 4.78 is 165. The Morgan fingerprint density at radius 1 is 0.632 bits per heavy atom. The van der Waals surface area contributed by atoms with Gasteiger partial charge in [0.2, 0.25) is 0 Å². The van der Waals surface area contributed by atoms with Crippen molar-refractivity contribution >= 4 is 11.0 Å². The number of rotatable bonds is 6. The smallest absolute Gasteiger partial charge is 0.149 e. The van der Waals surface area contributed by atoms with E-state index in [2.05, 4.69) is 4.98 Å². The van der Waals surface area contributed by atoms with Crippen LogP contribution < -0.4 is 0 Å². The molecular formula is C53H51N3O. The van der Waals surface area contributed by atoms with Gasteiger partial charge in [0.05, 0.1) is 31.9 Å². The van der Waals surface area contributed by atoms with Crippen molar-refractivity contribution in [3.63, 3.8) is 0 Å². The number of hydrogen-bond donors (Lipinski definition) is 1. The molecule has 0 atom stereocenters. The summed E-state index contributed by atoms with van der Waals surface area (Å²) in [5, 5.41) is 11.7. The van der Waals surface area contributed by atoms with Crippen LogP contribution >= 0.6 is 0 Å². The van der Waals surface area contributed by atoms with Crippen LogP contribution in [0.5, 0.6) is 5.75 Å². The number of hydrogen-bond acceptors (Lipinski definition) is 3. The molecule has 0 unspecified atom stereocenters. The zero-order valence-corrected chi connectivity index (χ0v) is 32.0. The van der Waals surface area contributed by atoms with Crippen molar-refractivity contribution in [2.24, 2.45) is 0 Å². The Balaban J connectivity index is 1.41. The van der Waals surface area contributed by atoms with Gasteiger partial charge in [-0.25, -0.2) is 4.98 Å². The zero-order chi connectivity index (χ0) is 56.3. The highest BCUT2D eigenvalue weighted by Gasteiger charge is 2.23. The minimum Gasteiger partial charge on any atom is -0.507 e. The predicted molar refractivity (Wildman–Crippen MR) is 239 cm³/mol. The third-order valence-electron chi connectivity index (χ3n) is 9.94. The molecule has 8 rings (SSSR count). The number of fused-ring (bicyclic) bond motifs is 1. The Bertz CT molecular complexity index is 3580. The second-order valence-electron chi connectivity index (χ2n) is 15.3. The fourth-order valence-corrected chi connectivity index (χ4v) is 7.00. The fourth-order valence-electron chi connectivity index (χ4n) is 7.00. The molecule has 0 amide bonds. The number of aryl methyl sites for hydroxylation is 3. The Hall–Kier alpha value is -6.26. The van der Waals surface area contributed by atoms with E-state index in [1.165, 1.54) is 0 Å². The molecule has 0 aliphatic heterocycles. The molecule has 2 aromatic heterocycles. The molecule has 4 heteroatoms. The molecule has 284 valence electrons. The maximum Gasteiger partial charge on any atom is 0.149 e. The van der Waals surface area contributed by atoms with E-state index < -0.39 is 97.4 Å². The lowest BCUT2D eigenvalue weighted by Crippen LogP contribution is -2.11. The van der Waals surface area contributed by atoms with Crippen molar-refractivity contribution < 1.29 is 31.2 Å². The number of phenols is 1. The van der Waals surface area contributed by atoms with Gasteiger partial charge in [0.25, 0.3) is 0 Å². The first-order chi connectivity index (χ1) is 35.0. The first kappa shape index (κ1) is 21.3. The van der Waals surface area contributed by atoms with Crippen molar-refractivity contribution in [3.05, 3.63) is 167 Å². The Morgan fingerprint density at radius 2 is 1.40 bits per heavy atom. The van der Waals surface area contributed by atoms with Crippen LogP contribution in [0.2, 0.25) is 0 Å². The van der Waals surface area contributed by atoms with Gasteiger partial charge in [-0.3, -0.25) is 9.55 Å². The van der Waals surface area contributed by atoms with E-state index in [0.29, 0.717) is 55.7 Å². The molecule has 2 heterocycles. The summed E-state index contributed by atoms with van der Waals surface area (Å²) in [6, 6.07) is 22.1. The summed E-state index contributed by atoms with van der Waals surface area (Å²) in [4.78, 5) is 9.57. The SMILES string of the molecule is [2H]c1nc(-c2cc(-c3cccc4c3nc(-c3cc(C)cc(C)c3O)n4-c3ccc(-c4ccccc4)c(C([2H])([2H])[2H])c3)cc(C(C)(C)C)c2)c([2H])c(-c2c([2H])c([2H])c(C(C([2H])([2H])[2H])(C([2H])([2H])[2H])C([2H])([2H])[2H])c([2H])c2[2H])c1[2H]. The van der Waals surface area contributed by atoms with Crippen LogP contribution in [0.25, 0.3) is 72.7 Å². The normalized spacial score (nSPS) is 17.7. The van der Waals surface area contributed by atoms with Gasteiger partial charge in [-0.05, 0) is 136 Å². The highest BCUT2D eigenvalue weighted by molar-refractivity contribution is 5.97. The molecule has 8 aromatic rings. The van der Waals surface area contributed by atoms with Gasteiger partial charge in [-0.15, -0.1) is 0 Å². The van der Waals surface area contributed by atoms with Gasteiger partial charge >= 0.3 is 0 Å². The first-order valence-electron chi connectivity index (χ1n) is 27.8. The van der Waals surface area contributed by atoms with Crippen LogP contribution in [0.15, 0.2) is 139 Å². The lowest BCUT2D eigenvalue weighted by atomic mass is 9.83. The van der Waals surface area contributed by atoms with Crippen LogP contribution in [0.4, 0.5) is 0 Å². The average molecular weight is 765 g/mol. The van der Waals surface area contributed by atoms with Gasteiger partial charge in [0.1, 0.15) is 11.6 Å². The molecule has 57 heavy (non-hydrogen) atoms. The van der Waals surface area contributed by atoms with E-state index in [-0.39, 0.29) is 28.4 Å². The number of para-hydroxylation sites is 1. The number of phenolic OH excluding ortho intramolecular Hbond substituents is 1. The van der Waals surface area contributed by atoms with Crippen molar-refractivity contribution in [3.8, 4) is 67.5 Å². The van der Waals surface area contributed by atoms with E-state index in [0.717, 1.165) is 5.56 Å². The standard InChI is InChI=1S/C53H51N3O/c1-33-26-35(3)50(57)46(27-33)51-55-49-45(16-13-17-48(49)56(51)43-22-23-44(34(2)28-43)37-14-11-10-12-15-37)39-29-40(31-42(30-39)53(7,8)9)47-32-38(24-25-54-47)36-18-20-41(21-19-36)52(4,5)6/h10-32,57H,1-9H3/i2D3,4D3,5D3,6D3,18D,19D,20D,21D,24D,25D,32D. The van der Waals surface area contributed by atoms with E-state index in [1.807, 2.05) is 70.2 Å². The second-order valence-corrected chi connectivity index (χ2v) is 15.3. The lowest BCUT2D eigenvalue weighted by Gasteiger charge is -2.22. The summed E-state index contributed by atoms with van der Waals surface area (Å²) in [7, 11) is 0. The largest absolute Gasteiger partial charge is 0.507 e. The summed E-state index contributed by atoms with van der Waals surface area (Å²) >= 11 is 0. The number of nitrogens with zero attached hydrogens (tertiary/aromatic N) is 3. The van der Waals surface area contributed by atoms with Crippen LogP contribution in [0, 0.1) is 20.7 Å². The number of aromatic hydroxyl groups is 1. The summed E-state index contributed by atoms with van der Waals surface area (Å²) in [5.41, 5.74) is -1.34. The predicted octanol–water partition coefficient (Wildman–Crippen LogP) is 14.0. The number of pyridine rings is 1. The van der Waals surface area contributed by atoms with Crippen molar-refractivity contribution in [1.82, 2.24) is 14.5 Å². The van der Waals surface area contributed by atoms with Gasteiger partial charge in [-0.2, -0.15) is 0 Å². The minimum atomic E-state index is -3.94. The van der Waals surface area contributed by atoms with Gasteiger partial charge in [-0.1, -0.05) is 126 Å². The summed E-state index contributed by atoms with van der Waals surface area (Å²) in [6.07, 6.45) is -0.764. The monoisotopic (exact) mass is 765 g/mol. The molecule has 0 saturated carbocycles. The van der Waals surface area contributed by atoms with E-state index in [1.54, 1.807) is 66.1 Å². The molecule has 0 fully saturated rings. The topological polar surface area (TPSA) is 50.9 Å². The number of imidazole rings is 1. The Morgan fingerprint density at radius 3 is 2.14 bits per heavy atom. The molecule has 4 nitrogen and oxygen atoms in total. The summed E-state index contributed by atoms with van der Waals surface area (Å²) in [6.45, 7) is -4.94. The van der Waals surface area contributed by atoms with E-state index in [4.69, 9.17) is 29.7 Å². The molecule has 6 aromatic carbocycles. The van der Waals surface area contributed by atoms with Gasteiger partial charge in [0, 0.05) is 39.4 Å². The minimum absolute atomic E-state index is 0.0471. The van der Waals surface area contributed by atoms with Gasteiger partial charge < -0.3 is 5.11 Å². The van der Waals surface area contributed by atoms with Crippen LogP contribution in [-0.4, -0.2) is 19.6 Å². The molecule has 1 N–H and O–H groups in total. The highest BCUT2D eigenvalue weighted by Crippen LogP contribution is 2.41. The fraction of sp³-hybridized carbons (Fsp3) is 0.208. The number of benzene rings is 6. The molecule has 0 spiro atoms. The van der Waals surface area contributed by atoms with Gasteiger partial charge in [0.15, 0.2) is 0 Å². The number of aromatic nitrogens is 3. The third kappa shape index (κ3) is 7.29. The van der Waals surface area contributed by atoms with Crippen LogP contribution in [-0.2, 0) is 10.8 Å². The zero-order valence-electron chi connectivity index (χ0n) is 51.0. The van der Waals surface area contributed by atoms with Crippen molar-refractivity contribution in [2.45, 2.75) is 72.9 Å². The highest BCUT2D eigenvalue weighted by atomic mass is 16.3. The quantitative estimate of drug-likeness (QED) is 0.183. The lowest BCUT2D eigenvalue weighted by molar-refractivity contribution is 0.472. The second kappa shape index (κ2) is 14.4. The molecule has 0 saturated heterocycles. The Labute approximate surface area is 364 Å².